The zero-order valence-electron chi connectivity index (χ0n) is 11.1. The number of rotatable bonds is 4. The van der Waals surface area contributed by atoms with Crippen LogP contribution in [0.3, 0.4) is 0 Å². The van der Waals surface area contributed by atoms with E-state index in [9.17, 15) is 0 Å². The van der Waals surface area contributed by atoms with Gasteiger partial charge in [-0.05, 0) is 48.9 Å². The van der Waals surface area contributed by atoms with Crippen LogP contribution in [0.5, 0.6) is 5.75 Å². The third kappa shape index (κ3) is 3.60. The third-order valence-electron chi connectivity index (χ3n) is 2.92. The Morgan fingerprint density at radius 2 is 1.70 bits per heavy atom. The Morgan fingerprint density at radius 3 is 2.20 bits per heavy atom. The van der Waals surface area contributed by atoms with Crippen molar-refractivity contribution in [1.29, 1.82) is 5.26 Å². The first-order valence-corrected chi connectivity index (χ1v) is 7.07. The second-order valence-corrected chi connectivity index (χ2v) is 5.50. The molecule has 0 aromatic heterocycles. The van der Waals surface area contributed by atoms with E-state index < -0.39 is 0 Å². The van der Waals surface area contributed by atoms with Crippen LogP contribution in [0.15, 0.2) is 53.0 Å². The molecule has 0 fully saturated rings. The summed E-state index contributed by atoms with van der Waals surface area (Å²) in [5.74, 6) is 0.703. The molecule has 0 saturated heterocycles. The second kappa shape index (κ2) is 6.56. The van der Waals surface area contributed by atoms with Gasteiger partial charge in [0.05, 0.1) is 11.6 Å². The minimum absolute atomic E-state index is 0.146. The highest BCUT2D eigenvalue weighted by Gasteiger charge is 2.18. The van der Waals surface area contributed by atoms with Gasteiger partial charge in [-0.3, -0.25) is 0 Å². The molecule has 2 aromatic carbocycles. The fourth-order valence-electron chi connectivity index (χ4n) is 1.89. The minimum Gasteiger partial charge on any atom is -0.484 e. The highest BCUT2D eigenvalue weighted by Crippen LogP contribution is 2.25. The topological polar surface area (TPSA) is 59.0 Å². The van der Waals surface area contributed by atoms with E-state index in [2.05, 4.69) is 22.0 Å². The quantitative estimate of drug-likeness (QED) is 0.927. The predicted octanol–water partition coefficient (Wildman–Crippen LogP) is 3.79. The number of nitriles is 1. The smallest absolute Gasteiger partial charge is 0.138 e. The summed E-state index contributed by atoms with van der Waals surface area (Å²) in [6.45, 7) is 1.91. The second-order valence-electron chi connectivity index (χ2n) is 4.59. The first-order chi connectivity index (χ1) is 9.60. The fraction of sp³-hybridized carbons (Fsp3) is 0.188. The highest BCUT2D eigenvalue weighted by atomic mass is 79.9. The van der Waals surface area contributed by atoms with Gasteiger partial charge in [-0.15, -0.1) is 0 Å². The molecule has 3 nitrogen and oxygen atoms in total. The Labute approximate surface area is 127 Å². The summed E-state index contributed by atoms with van der Waals surface area (Å²) in [6, 6.07) is 16.9. The van der Waals surface area contributed by atoms with Crippen molar-refractivity contribution in [2.75, 3.05) is 0 Å². The molecule has 4 heteroatoms. The van der Waals surface area contributed by atoms with Gasteiger partial charge in [0.2, 0.25) is 0 Å². The van der Waals surface area contributed by atoms with Crippen molar-refractivity contribution < 1.29 is 4.74 Å². The zero-order valence-corrected chi connectivity index (χ0v) is 12.7. The summed E-state index contributed by atoms with van der Waals surface area (Å²) >= 11 is 3.41. The maximum atomic E-state index is 8.79. The molecule has 0 radical (unpaired) electrons. The van der Waals surface area contributed by atoms with Crippen LogP contribution < -0.4 is 10.5 Å². The van der Waals surface area contributed by atoms with E-state index in [1.807, 2.05) is 31.2 Å². The fourth-order valence-corrected chi connectivity index (χ4v) is 2.15. The van der Waals surface area contributed by atoms with Crippen LogP contribution in [0.2, 0.25) is 0 Å². The average Bonchev–Trinajstić information content (AvgIpc) is 2.46. The summed E-state index contributed by atoms with van der Waals surface area (Å²) in [6.07, 6.45) is -0.226. The summed E-state index contributed by atoms with van der Waals surface area (Å²) in [5, 5.41) is 8.79. The first-order valence-electron chi connectivity index (χ1n) is 6.28. The van der Waals surface area contributed by atoms with Crippen molar-refractivity contribution in [1.82, 2.24) is 0 Å². The van der Waals surface area contributed by atoms with Crippen LogP contribution in [0, 0.1) is 11.3 Å². The summed E-state index contributed by atoms with van der Waals surface area (Å²) < 4.78 is 6.97. The summed E-state index contributed by atoms with van der Waals surface area (Å²) in [5.41, 5.74) is 7.65. The lowest BCUT2D eigenvalue weighted by molar-refractivity contribution is 0.180. The molecule has 0 amide bonds. The molecule has 20 heavy (non-hydrogen) atoms. The number of ether oxygens (including phenoxy) is 1. The molecule has 0 aliphatic rings. The van der Waals surface area contributed by atoms with Gasteiger partial charge >= 0.3 is 0 Å². The monoisotopic (exact) mass is 330 g/mol. The van der Waals surface area contributed by atoms with Crippen LogP contribution in [0.1, 0.15) is 24.2 Å². The van der Waals surface area contributed by atoms with Crippen molar-refractivity contribution in [3.63, 3.8) is 0 Å². The number of nitrogens with zero attached hydrogens (tertiary/aromatic N) is 1. The number of hydrogen-bond donors (Lipinski definition) is 1. The third-order valence-corrected chi connectivity index (χ3v) is 3.45. The molecule has 0 saturated carbocycles. The number of halogens is 1. The van der Waals surface area contributed by atoms with Gasteiger partial charge in [0.15, 0.2) is 0 Å². The number of nitrogens with two attached hydrogens (primary N) is 1. The predicted molar refractivity (Wildman–Crippen MR) is 82.3 cm³/mol. The molecule has 2 N–H and O–H groups in total. The van der Waals surface area contributed by atoms with Crippen LogP contribution >= 0.6 is 15.9 Å². The van der Waals surface area contributed by atoms with E-state index in [-0.39, 0.29) is 12.1 Å². The average molecular weight is 331 g/mol. The molecule has 2 atom stereocenters. The number of benzene rings is 2. The van der Waals surface area contributed by atoms with Gasteiger partial charge in [0.1, 0.15) is 11.9 Å². The molecule has 102 valence electrons. The SMILES string of the molecule is CC(N)[C@H](Oc1ccc(C#N)cc1)c1ccc(Br)cc1. The number of hydrogen-bond acceptors (Lipinski definition) is 3. The van der Waals surface area contributed by atoms with Gasteiger partial charge in [-0.2, -0.15) is 5.26 Å². The van der Waals surface area contributed by atoms with Crippen LogP contribution in [0.25, 0.3) is 0 Å². The van der Waals surface area contributed by atoms with Crippen LogP contribution in [0.4, 0.5) is 0 Å². The Balaban J connectivity index is 2.21. The zero-order chi connectivity index (χ0) is 14.5. The molecule has 0 heterocycles. The van der Waals surface area contributed by atoms with Crippen LogP contribution in [-0.4, -0.2) is 6.04 Å². The van der Waals surface area contributed by atoms with Crippen molar-refractivity contribution in [3.05, 3.63) is 64.1 Å². The normalized spacial score (nSPS) is 13.3. The lowest BCUT2D eigenvalue weighted by atomic mass is 10.0. The van der Waals surface area contributed by atoms with Crippen LogP contribution in [-0.2, 0) is 0 Å². The maximum Gasteiger partial charge on any atom is 0.138 e. The van der Waals surface area contributed by atoms with E-state index in [0.29, 0.717) is 11.3 Å². The van der Waals surface area contributed by atoms with E-state index in [4.69, 9.17) is 15.7 Å². The summed E-state index contributed by atoms with van der Waals surface area (Å²) in [7, 11) is 0. The van der Waals surface area contributed by atoms with Gasteiger partial charge in [0.25, 0.3) is 0 Å². The van der Waals surface area contributed by atoms with Crippen molar-refractivity contribution >= 4 is 15.9 Å². The van der Waals surface area contributed by atoms with E-state index in [1.54, 1.807) is 24.3 Å². The van der Waals surface area contributed by atoms with Gasteiger partial charge in [-0.25, -0.2) is 0 Å². The van der Waals surface area contributed by atoms with Gasteiger partial charge in [-0.1, -0.05) is 28.1 Å². The largest absolute Gasteiger partial charge is 0.484 e. The molecular formula is C16H15BrN2O. The Morgan fingerprint density at radius 1 is 1.10 bits per heavy atom. The molecule has 0 bridgehead atoms. The van der Waals surface area contributed by atoms with Crippen molar-refractivity contribution in [3.8, 4) is 11.8 Å². The first kappa shape index (κ1) is 14.6. The Bertz CT molecular complexity index is 600. The Hall–Kier alpha value is -1.83. The van der Waals surface area contributed by atoms with Gasteiger partial charge in [0, 0.05) is 10.5 Å². The van der Waals surface area contributed by atoms with Gasteiger partial charge < -0.3 is 10.5 Å². The molecule has 0 aliphatic carbocycles. The standard InChI is InChI=1S/C16H15BrN2O/c1-11(19)16(13-4-6-14(17)7-5-13)20-15-8-2-12(10-18)3-9-15/h2-9,11,16H,19H2,1H3/t11?,16-/m0/s1. The Kier molecular flexibility index (Phi) is 4.78. The lowest BCUT2D eigenvalue weighted by Crippen LogP contribution is -2.29. The van der Waals surface area contributed by atoms with Crippen molar-refractivity contribution in [2.45, 2.75) is 19.1 Å². The minimum atomic E-state index is -0.226. The highest BCUT2D eigenvalue weighted by molar-refractivity contribution is 9.10. The molecule has 0 spiro atoms. The molecule has 0 aliphatic heterocycles. The summed E-state index contributed by atoms with van der Waals surface area (Å²) in [4.78, 5) is 0. The maximum absolute atomic E-state index is 8.79. The van der Waals surface area contributed by atoms with E-state index in [1.165, 1.54) is 0 Å². The lowest BCUT2D eigenvalue weighted by Gasteiger charge is -2.23. The van der Waals surface area contributed by atoms with Crippen molar-refractivity contribution in [2.24, 2.45) is 5.73 Å². The van der Waals surface area contributed by atoms with E-state index >= 15 is 0 Å². The molecular weight excluding hydrogens is 316 g/mol. The molecule has 2 aromatic rings. The molecule has 2 rings (SSSR count). The van der Waals surface area contributed by atoms with E-state index in [0.717, 1.165) is 10.0 Å². The molecule has 1 unspecified atom stereocenters.